The van der Waals surface area contributed by atoms with Crippen molar-refractivity contribution in [3.05, 3.63) is 29.3 Å². The molecule has 0 aromatic heterocycles. The molecule has 0 aliphatic carbocycles. The Labute approximate surface area is 89.4 Å². The van der Waals surface area contributed by atoms with Crippen LogP contribution in [-0.4, -0.2) is 26.3 Å². The van der Waals surface area contributed by atoms with Gasteiger partial charge >= 0.3 is 0 Å². The molecule has 0 radical (unpaired) electrons. The molecule has 0 saturated carbocycles. The van der Waals surface area contributed by atoms with Gasteiger partial charge < -0.3 is 9.64 Å². The van der Waals surface area contributed by atoms with Crippen LogP contribution in [0.1, 0.15) is 6.42 Å². The highest BCUT2D eigenvalue weighted by Crippen LogP contribution is 2.28. The molecule has 76 valence electrons. The number of para-hydroxylation sites is 1. The molecule has 2 nitrogen and oxygen atoms in total. The molecule has 1 aromatic rings. The maximum atomic E-state index is 6.11. The van der Waals surface area contributed by atoms with Crippen LogP contribution in [0, 0.1) is 0 Å². The molecule has 0 N–H and O–H groups in total. The van der Waals surface area contributed by atoms with Crippen LogP contribution in [0.2, 0.25) is 5.02 Å². The van der Waals surface area contributed by atoms with E-state index in [0.29, 0.717) is 6.10 Å². The molecule has 1 aromatic carbocycles. The minimum absolute atomic E-state index is 0.353. The smallest absolute Gasteiger partial charge is 0.0762 e. The van der Waals surface area contributed by atoms with Crippen LogP contribution in [0.4, 0.5) is 5.69 Å². The number of halogens is 1. The molecule has 1 saturated heterocycles. The van der Waals surface area contributed by atoms with E-state index < -0.39 is 0 Å². The maximum Gasteiger partial charge on any atom is 0.0762 e. The van der Waals surface area contributed by atoms with E-state index in [0.717, 1.165) is 30.2 Å². The fraction of sp³-hybridized carbons (Fsp3) is 0.455. The highest BCUT2D eigenvalue weighted by atomic mass is 35.5. The largest absolute Gasteiger partial charge is 0.380 e. The summed E-state index contributed by atoms with van der Waals surface area (Å²) in [4.78, 5) is 2.27. The van der Waals surface area contributed by atoms with Gasteiger partial charge in [-0.2, -0.15) is 0 Å². The van der Waals surface area contributed by atoms with Gasteiger partial charge in [0.05, 0.1) is 16.8 Å². The third-order valence-corrected chi connectivity index (χ3v) is 2.99. The third-order valence-electron chi connectivity index (χ3n) is 2.67. The van der Waals surface area contributed by atoms with E-state index in [1.54, 1.807) is 7.11 Å². The van der Waals surface area contributed by atoms with Gasteiger partial charge in [-0.1, -0.05) is 23.7 Å². The predicted molar refractivity (Wildman–Crippen MR) is 59.1 cm³/mol. The molecule has 1 aliphatic rings. The monoisotopic (exact) mass is 211 g/mol. The number of nitrogens with zero attached hydrogens (tertiary/aromatic N) is 1. The summed E-state index contributed by atoms with van der Waals surface area (Å²) < 4.78 is 5.32. The maximum absolute atomic E-state index is 6.11. The first-order valence-corrected chi connectivity index (χ1v) is 5.21. The van der Waals surface area contributed by atoms with E-state index in [2.05, 4.69) is 11.0 Å². The van der Waals surface area contributed by atoms with Gasteiger partial charge in [-0.3, -0.25) is 0 Å². The van der Waals surface area contributed by atoms with Crippen LogP contribution in [0.25, 0.3) is 0 Å². The molecule has 0 bridgehead atoms. The molecule has 1 aliphatic heterocycles. The standard InChI is InChI=1S/C11H14ClNO/c1-14-9-6-7-13(8-9)11-5-3-2-4-10(11)12/h2-5,9H,6-8H2,1H3. The number of methoxy groups -OCH3 is 1. The van der Waals surface area contributed by atoms with Gasteiger partial charge in [-0.15, -0.1) is 0 Å². The zero-order valence-electron chi connectivity index (χ0n) is 8.24. The van der Waals surface area contributed by atoms with Gasteiger partial charge in [0.15, 0.2) is 0 Å². The molecular formula is C11H14ClNO. The quantitative estimate of drug-likeness (QED) is 0.746. The average Bonchev–Trinajstić information content (AvgIpc) is 2.67. The van der Waals surface area contributed by atoms with Gasteiger partial charge in [-0.05, 0) is 18.6 Å². The van der Waals surface area contributed by atoms with Crippen molar-refractivity contribution in [1.82, 2.24) is 0 Å². The lowest BCUT2D eigenvalue weighted by atomic mass is 10.3. The number of rotatable bonds is 2. The summed E-state index contributed by atoms with van der Waals surface area (Å²) in [7, 11) is 1.76. The molecular weight excluding hydrogens is 198 g/mol. The molecule has 0 amide bonds. The predicted octanol–water partition coefficient (Wildman–Crippen LogP) is 2.57. The third kappa shape index (κ3) is 1.86. The summed E-state index contributed by atoms with van der Waals surface area (Å²) in [6.45, 7) is 1.97. The SMILES string of the molecule is COC1CCN(c2ccccc2Cl)C1. The van der Waals surface area contributed by atoms with Gasteiger partial charge in [0.1, 0.15) is 0 Å². The van der Waals surface area contributed by atoms with Crippen molar-refractivity contribution >= 4 is 17.3 Å². The van der Waals surface area contributed by atoms with Crippen molar-refractivity contribution in [3.63, 3.8) is 0 Å². The fourth-order valence-electron chi connectivity index (χ4n) is 1.85. The lowest BCUT2D eigenvalue weighted by Crippen LogP contribution is -2.22. The summed E-state index contributed by atoms with van der Waals surface area (Å²) in [5.41, 5.74) is 1.12. The summed E-state index contributed by atoms with van der Waals surface area (Å²) in [6.07, 6.45) is 1.44. The second-order valence-electron chi connectivity index (χ2n) is 3.54. The lowest BCUT2D eigenvalue weighted by Gasteiger charge is -2.19. The highest BCUT2D eigenvalue weighted by Gasteiger charge is 2.23. The van der Waals surface area contributed by atoms with Crippen LogP contribution in [0.3, 0.4) is 0 Å². The first-order valence-electron chi connectivity index (χ1n) is 4.83. The van der Waals surface area contributed by atoms with Crippen LogP contribution in [0.15, 0.2) is 24.3 Å². The minimum Gasteiger partial charge on any atom is -0.380 e. The summed E-state index contributed by atoms with van der Waals surface area (Å²) in [6, 6.07) is 7.95. The topological polar surface area (TPSA) is 12.5 Å². The van der Waals surface area contributed by atoms with Crippen molar-refractivity contribution in [3.8, 4) is 0 Å². The van der Waals surface area contributed by atoms with Crippen LogP contribution in [0.5, 0.6) is 0 Å². The Hall–Kier alpha value is -0.730. The number of anilines is 1. The Morgan fingerprint density at radius 2 is 2.21 bits per heavy atom. The van der Waals surface area contributed by atoms with Gasteiger partial charge in [0, 0.05) is 20.2 Å². The number of ether oxygens (including phenoxy) is 1. The summed E-state index contributed by atoms with van der Waals surface area (Å²) in [5, 5.41) is 0.823. The lowest BCUT2D eigenvalue weighted by molar-refractivity contribution is 0.121. The van der Waals surface area contributed by atoms with Crippen LogP contribution >= 0.6 is 11.6 Å². The summed E-state index contributed by atoms with van der Waals surface area (Å²) in [5.74, 6) is 0. The molecule has 2 rings (SSSR count). The van der Waals surface area contributed by atoms with Gasteiger partial charge in [0.2, 0.25) is 0 Å². The molecule has 1 unspecified atom stereocenters. The van der Waals surface area contributed by atoms with Crippen molar-refractivity contribution in [1.29, 1.82) is 0 Å². The first-order chi connectivity index (χ1) is 6.81. The van der Waals surface area contributed by atoms with Gasteiger partial charge in [-0.25, -0.2) is 0 Å². The van der Waals surface area contributed by atoms with E-state index in [9.17, 15) is 0 Å². The van der Waals surface area contributed by atoms with Crippen LogP contribution in [-0.2, 0) is 4.74 Å². The normalized spacial score (nSPS) is 21.6. The zero-order valence-corrected chi connectivity index (χ0v) is 9.00. The molecule has 0 spiro atoms. The van der Waals surface area contributed by atoms with Crippen molar-refractivity contribution < 1.29 is 4.74 Å². The minimum atomic E-state index is 0.353. The Bertz CT molecular complexity index is 316. The van der Waals surface area contributed by atoms with Crippen molar-refractivity contribution in [2.75, 3.05) is 25.1 Å². The Morgan fingerprint density at radius 1 is 1.43 bits per heavy atom. The second-order valence-corrected chi connectivity index (χ2v) is 3.95. The van der Waals surface area contributed by atoms with E-state index in [1.807, 2.05) is 18.2 Å². The number of hydrogen-bond acceptors (Lipinski definition) is 2. The van der Waals surface area contributed by atoms with E-state index in [-0.39, 0.29) is 0 Å². The van der Waals surface area contributed by atoms with Crippen LogP contribution < -0.4 is 4.90 Å². The fourth-order valence-corrected chi connectivity index (χ4v) is 2.10. The highest BCUT2D eigenvalue weighted by molar-refractivity contribution is 6.33. The van der Waals surface area contributed by atoms with Crippen molar-refractivity contribution in [2.45, 2.75) is 12.5 Å². The molecule has 1 atom stereocenters. The molecule has 1 heterocycles. The van der Waals surface area contributed by atoms with Gasteiger partial charge in [0.25, 0.3) is 0 Å². The van der Waals surface area contributed by atoms with E-state index in [4.69, 9.17) is 16.3 Å². The second kappa shape index (κ2) is 4.20. The number of benzene rings is 1. The van der Waals surface area contributed by atoms with E-state index >= 15 is 0 Å². The first kappa shape index (κ1) is 9.81. The average molecular weight is 212 g/mol. The van der Waals surface area contributed by atoms with Crippen molar-refractivity contribution in [2.24, 2.45) is 0 Å². The Balaban J connectivity index is 2.13. The molecule has 1 fully saturated rings. The molecule has 14 heavy (non-hydrogen) atoms. The number of hydrogen-bond donors (Lipinski definition) is 0. The molecule has 3 heteroatoms. The summed E-state index contributed by atoms with van der Waals surface area (Å²) >= 11 is 6.11. The Kier molecular flexibility index (Phi) is 2.94. The zero-order chi connectivity index (χ0) is 9.97. The van der Waals surface area contributed by atoms with E-state index in [1.165, 1.54) is 0 Å². The Morgan fingerprint density at radius 3 is 2.86 bits per heavy atom.